The minimum absolute atomic E-state index is 0.00176. The van der Waals surface area contributed by atoms with Gasteiger partial charge in [-0.3, -0.25) is 9.69 Å². The van der Waals surface area contributed by atoms with E-state index in [1.807, 2.05) is 67.6 Å². The van der Waals surface area contributed by atoms with Gasteiger partial charge in [-0.25, -0.2) is 4.79 Å². The maximum Gasteiger partial charge on any atom is 0.356 e. The first-order valence-electron chi connectivity index (χ1n) is 12.2. The summed E-state index contributed by atoms with van der Waals surface area (Å²) in [6.07, 6.45) is 1.66. The zero-order chi connectivity index (χ0) is 27.6. The number of amides is 1. The van der Waals surface area contributed by atoms with Crippen LogP contribution in [0, 0.1) is 6.92 Å². The number of hydrogen-bond donors (Lipinski definition) is 1. The van der Waals surface area contributed by atoms with Crippen molar-refractivity contribution < 1.29 is 26.9 Å². The molecule has 2 aliphatic heterocycles. The topological polar surface area (TPSA) is 116 Å². The predicted molar refractivity (Wildman–Crippen MR) is 148 cm³/mol. The fraction of sp³-hybridized carbons (Fsp3) is 0.172. The Kier molecular flexibility index (Phi) is 7.60. The number of hydrogen-bond acceptors (Lipinski definition) is 8. The van der Waals surface area contributed by atoms with E-state index in [0.29, 0.717) is 11.3 Å². The van der Waals surface area contributed by atoms with Gasteiger partial charge >= 0.3 is 16.1 Å². The molecule has 2 N–H and O–H groups in total. The fourth-order valence-electron chi connectivity index (χ4n) is 4.35. The molecule has 0 aromatic heterocycles. The van der Waals surface area contributed by atoms with Crippen molar-refractivity contribution in [2.45, 2.75) is 29.3 Å². The second-order valence-electron chi connectivity index (χ2n) is 9.08. The van der Waals surface area contributed by atoms with E-state index < -0.39 is 39.5 Å². The number of β-lactam (4-membered cyclic amide) rings is 1. The number of fused-ring (bicyclic) bond motifs is 1. The molecule has 8 nitrogen and oxygen atoms in total. The lowest BCUT2D eigenvalue weighted by molar-refractivity contribution is -0.153. The molecule has 1 amide bonds. The molecule has 3 aromatic carbocycles. The second kappa shape index (κ2) is 11.1. The molecule has 200 valence electrons. The van der Waals surface area contributed by atoms with Gasteiger partial charge < -0.3 is 14.7 Å². The van der Waals surface area contributed by atoms with Crippen molar-refractivity contribution in [1.82, 2.24) is 4.90 Å². The van der Waals surface area contributed by atoms with Gasteiger partial charge in [-0.2, -0.15) is 8.42 Å². The highest BCUT2D eigenvalue weighted by atomic mass is 32.2. The molecule has 1 fully saturated rings. The Morgan fingerprint density at radius 3 is 2.18 bits per heavy atom. The number of carbonyl (C=O) groups is 2. The number of benzene rings is 3. The Morgan fingerprint density at radius 2 is 1.59 bits per heavy atom. The number of allylic oxidation sites excluding steroid dienone is 1. The Bertz CT molecular complexity index is 1500. The van der Waals surface area contributed by atoms with Crippen LogP contribution in [-0.4, -0.2) is 42.4 Å². The quantitative estimate of drug-likeness (QED) is 0.189. The van der Waals surface area contributed by atoms with E-state index in [1.54, 1.807) is 12.1 Å². The SMILES string of the molecule is Cc1ccc(S(=O)(=O)OC=CC2=C(C(=O)OC(c3ccccc3)c3ccccc3)N3C(=O)C(N)[C@@H]3SC2)cc1. The number of aryl methyl sites for hydroxylation is 1. The number of carbonyl (C=O) groups excluding carboxylic acids is 2. The standard InChI is InChI=1S/C29H26N2O6S2/c1-19-12-14-23(15-13-19)39(34,35)36-17-16-22-18-38-28-24(30)27(32)31(28)25(22)29(33)37-26(20-8-4-2-5-9-20)21-10-6-3-7-11-21/h2-17,24,26,28H,18,30H2,1H3/t24?,28-/m0/s1. The molecular weight excluding hydrogens is 536 g/mol. The molecule has 10 heteroatoms. The van der Waals surface area contributed by atoms with Crippen molar-refractivity contribution in [1.29, 1.82) is 0 Å². The molecule has 2 heterocycles. The summed E-state index contributed by atoms with van der Waals surface area (Å²) in [5.74, 6) is -0.827. The van der Waals surface area contributed by atoms with Crippen LogP contribution in [0.15, 0.2) is 113 Å². The van der Waals surface area contributed by atoms with Crippen molar-refractivity contribution in [3.05, 3.63) is 125 Å². The van der Waals surface area contributed by atoms with Crippen LogP contribution in [0.5, 0.6) is 0 Å². The first-order valence-corrected chi connectivity index (χ1v) is 14.6. The predicted octanol–water partition coefficient (Wildman–Crippen LogP) is 4.04. The van der Waals surface area contributed by atoms with E-state index in [-0.39, 0.29) is 10.6 Å². The summed E-state index contributed by atoms with van der Waals surface area (Å²) in [7, 11) is -4.07. The lowest BCUT2D eigenvalue weighted by Crippen LogP contribution is -2.68. The van der Waals surface area contributed by atoms with Crippen molar-refractivity contribution in [2.75, 3.05) is 5.75 Å². The molecule has 2 aliphatic rings. The lowest BCUT2D eigenvalue weighted by atomic mass is 10.0. The molecular formula is C29H26N2O6S2. The van der Waals surface area contributed by atoms with E-state index in [0.717, 1.165) is 23.0 Å². The molecule has 0 aliphatic carbocycles. The van der Waals surface area contributed by atoms with Gasteiger partial charge in [-0.1, -0.05) is 78.4 Å². The largest absolute Gasteiger partial charge is 0.448 e. The third kappa shape index (κ3) is 5.49. The maximum absolute atomic E-state index is 13.7. The third-order valence-corrected chi connectivity index (χ3v) is 8.96. The number of nitrogens with zero attached hydrogens (tertiary/aromatic N) is 1. The molecule has 1 unspecified atom stereocenters. The van der Waals surface area contributed by atoms with Crippen LogP contribution < -0.4 is 5.73 Å². The number of rotatable bonds is 8. The van der Waals surface area contributed by atoms with Crippen molar-refractivity contribution in [2.24, 2.45) is 5.73 Å². The van der Waals surface area contributed by atoms with Gasteiger partial charge in [0.15, 0.2) is 6.10 Å². The third-order valence-electron chi connectivity index (χ3n) is 6.42. The van der Waals surface area contributed by atoms with Crippen molar-refractivity contribution >= 4 is 33.8 Å². The average Bonchev–Trinajstić information content (AvgIpc) is 2.96. The van der Waals surface area contributed by atoms with E-state index in [4.69, 9.17) is 14.7 Å². The zero-order valence-corrected chi connectivity index (χ0v) is 22.6. The number of nitrogens with two attached hydrogens (primary N) is 1. The van der Waals surface area contributed by atoms with Gasteiger partial charge in [0.1, 0.15) is 28.3 Å². The first-order chi connectivity index (χ1) is 18.8. The number of ether oxygens (including phenoxy) is 1. The smallest absolute Gasteiger partial charge is 0.356 e. The molecule has 1 saturated heterocycles. The highest BCUT2D eigenvalue weighted by Crippen LogP contribution is 2.41. The first kappa shape index (κ1) is 26.7. The molecule has 39 heavy (non-hydrogen) atoms. The van der Waals surface area contributed by atoms with Crippen LogP contribution in [0.1, 0.15) is 22.8 Å². The van der Waals surface area contributed by atoms with Gasteiger partial charge in [0.2, 0.25) is 5.91 Å². The zero-order valence-electron chi connectivity index (χ0n) is 21.0. The molecule has 0 radical (unpaired) electrons. The Hall–Kier alpha value is -3.86. The molecule has 0 saturated carbocycles. The normalized spacial score (nSPS) is 19.2. The molecule has 5 rings (SSSR count). The summed E-state index contributed by atoms with van der Waals surface area (Å²) >= 11 is 1.38. The van der Waals surface area contributed by atoms with Crippen molar-refractivity contribution in [3.63, 3.8) is 0 Å². The summed E-state index contributed by atoms with van der Waals surface area (Å²) in [5, 5.41) is -0.415. The van der Waals surface area contributed by atoms with E-state index >= 15 is 0 Å². The van der Waals surface area contributed by atoms with E-state index in [2.05, 4.69) is 0 Å². The minimum Gasteiger partial charge on any atom is -0.448 e. The van der Waals surface area contributed by atoms with Gasteiger partial charge in [-0.15, -0.1) is 11.8 Å². The summed E-state index contributed by atoms with van der Waals surface area (Å²) in [6.45, 7) is 1.85. The van der Waals surface area contributed by atoms with Crippen LogP contribution in [0.3, 0.4) is 0 Å². The Balaban J connectivity index is 1.46. The van der Waals surface area contributed by atoms with Crippen molar-refractivity contribution in [3.8, 4) is 0 Å². The van der Waals surface area contributed by atoms with Crippen LogP contribution in [0.2, 0.25) is 0 Å². The minimum atomic E-state index is -4.07. The Morgan fingerprint density at radius 1 is 1.00 bits per heavy atom. The second-order valence-corrected chi connectivity index (χ2v) is 11.8. The summed E-state index contributed by atoms with van der Waals surface area (Å²) < 4.78 is 36.4. The maximum atomic E-state index is 13.7. The van der Waals surface area contributed by atoms with Gasteiger partial charge in [0, 0.05) is 5.75 Å². The van der Waals surface area contributed by atoms with E-state index in [9.17, 15) is 18.0 Å². The lowest BCUT2D eigenvalue weighted by Gasteiger charge is -2.48. The number of thioether (sulfide) groups is 1. The van der Waals surface area contributed by atoms with Gasteiger partial charge in [0.25, 0.3) is 0 Å². The average molecular weight is 563 g/mol. The highest BCUT2D eigenvalue weighted by Gasteiger charge is 2.52. The molecule has 0 bridgehead atoms. The van der Waals surface area contributed by atoms with Crippen LogP contribution in [-0.2, 0) is 28.6 Å². The molecule has 0 spiro atoms. The van der Waals surface area contributed by atoms with Crippen LogP contribution in [0.4, 0.5) is 0 Å². The summed E-state index contributed by atoms with van der Waals surface area (Å²) in [4.78, 5) is 27.7. The van der Waals surface area contributed by atoms with E-state index in [1.165, 1.54) is 34.9 Å². The fourth-order valence-corrected chi connectivity index (χ4v) is 6.40. The van der Waals surface area contributed by atoms with Gasteiger partial charge in [-0.05, 0) is 41.8 Å². The van der Waals surface area contributed by atoms with Gasteiger partial charge in [0.05, 0.1) is 0 Å². The highest BCUT2D eigenvalue weighted by molar-refractivity contribution is 8.00. The number of esters is 1. The Labute approximate surface area is 231 Å². The van der Waals surface area contributed by atoms with Crippen LogP contribution in [0.25, 0.3) is 0 Å². The summed E-state index contributed by atoms with van der Waals surface area (Å²) in [6, 6.07) is 24.1. The molecule has 3 aromatic rings. The van der Waals surface area contributed by atoms with Crippen LogP contribution >= 0.6 is 11.8 Å². The molecule has 2 atom stereocenters. The summed E-state index contributed by atoms with van der Waals surface area (Å²) in [5.41, 5.74) is 8.83. The monoisotopic (exact) mass is 562 g/mol.